The molecule has 31 heavy (non-hydrogen) atoms. The third-order valence-electron chi connectivity index (χ3n) is 6.08. The summed E-state index contributed by atoms with van der Waals surface area (Å²) in [6.45, 7) is 4.84. The molecule has 2 aliphatic rings. The van der Waals surface area contributed by atoms with E-state index < -0.39 is 12.2 Å². The van der Waals surface area contributed by atoms with Gasteiger partial charge in [0, 0.05) is 19.1 Å². The molecule has 0 saturated carbocycles. The first kappa shape index (κ1) is 21.7. The van der Waals surface area contributed by atoms with Crippen LogP contribution in [-0.4, -0.2) is 58.7 Å². The Morgan fingerprint density at radius 2 is 2.10 bits per heavy atom. The number of halogens is 3. The number of nitrogens with zero attached hydrogens (tertiary/aromatic N) is 4. The number of alkyl halides is 3. The number of nitrogens with one attached hydrogen (secondary N) is 1. The summed E-state index contributed by atoms with van der Waals surface area (Å²) < 4.78 is 52.8. The molecule has 2 aliphatic heterocycles. The summed E-state index contributed by atoms with van der Waals surface area (Å²) in [5, 5.41) is 6.98. The Labute approximate surface area is 179 Å². The summed E-state index contributed by atoms with van der Waals surface area (Å²) in [7, 11) is 1.61. The maximum atomic E-state index is 13.6. The molecule has 0 aliphatic carbocycles. The summed E-state index contributed by atoms with van der Waals surface area (Å²) in [4.78, 5) is 6.29. The number of hydrogen-bond donors (Lipinski definition) is 1. The largest absolute Gasteiger partial charge is 0.493 e. The van der Waals surface area contributed by atoms with E-state index in [1.807, 2.05) is 25.1 Å². The van der Waals surface area contributed by atoms with E-state index in [1.165, 1.54) is 6.33 Å². The number of piperidine rings is 1. The van der Waals surface area contributed by atoms with Crippen molar-refractivity contribution in [1.82, 2.24) is 19.7 Å². The lowest BCUT2D eigenvalue weighted by molar-refractivity contribution is -0.174. The second kappa shape index (κ2) is 8.94. The molecule has 0 unspecified atom stereocenters. The van der Waals surface area contributed by atoms with E-state index in [-0.39, 0.29) is 24.3 Å². The lowest BCUT2D eigenvalue weighted by Crippen LogP contribution is -2.47. The molecule has 3 atom stereocenters. The molecule has 2 aromatic rings. The predicted molar refractivity (Wildman–Crippen MR) is 109 cm³/mol. The van der Waals surface area contributed by atoms with Crippen molar-refractivity contribution >= 4 is 5.95 Å². The van der Waals surface area contributed by atoms with E-state index in [1.54, 1.807) is 7.11 Å². The molecule has 3 heterocycles. The number of aromatic nitrogens is 3. The summed E-state index contributed by atoms with van der Waals surface area (Å²) in [6, 6.07) is 3.96. The van der Waals surface area contributed by atoms with Crippen molar-refractivity contribution in [3.63, 3.8) is 0 Å². The van der Waals surface area contributed by atoms with Gasteiger partial charge in [0.1, 0.15) is 6.33 Å². The molecule has 170 valence electrons. The van der Waals surface area contributed by atoms with Crippen LogP contribution in [0.15, 0.2) is 24.5 Å². The maximum Gasteiger partial charge on any atom is 0.411 e. The summed E-state index contributed by atoms with van der Waals surface area (Å²) in [5.74, 6) is 1.70. The first-order valence-corrected chi connectivity index (χ1v) is 10.6. The highest BCUT2D eigenvalue weighted by Crippen LogP contribution is 2.41. The van der Waals surface area contributed by atoms with E-state index in [9.17, 15) is 13.2 Å². The van der Waals surface area contributed by atoms with Gasteiger partial charge in [0.05, 0.1) is 13.7 Å². The Morgan fingerprint density at radius 1 is 1.26 bits per heavy atom. The standard InChI is InChI=1S/C21H28F3N5O2/c1-3-31-17-7-6-14(9-18(17)30-2)11-28-8-4-5-15(12-28)16-10-19(21(22,23)24)29-20(27-16)25-13-26-29/h6-7,9,13,15-16,19H,3-5,8,10-12H2,1-2H3,(H,25,26,27)/t15-,16+,19-/m1/s1. The van der Waals surface area contributed by atoms with Crippen molar-refractivity contribution in [3.05, 3.63) is 30.1 Å². The van der Waals surface area contributed by atoms with Gasteiger partial charge in [-0.15, -0.1) is 0 Å². The van der Waals surface area contributed by atoms with Crippen molar-refractivity contribution in [3.8, 4) is 11.5 Å². The zero-order valence-corrected chi connectivity index (χ0v) is 17.7. The van der Waals surface area contributed by atoms with E-state index in [0.29, 0.717) is 24.7 Å². The molecule has 0 bridgehead atoms. The third kappa shape index (κ3) is 4.73. The number of fused-ring (bicyclic) bond motifs is 1. The summed E-state index contributed by atoms with van der Waals surface area (Å²) in [6.07, 6.45) is -1.37. The summed E-state index contributed by atoms with van der Waals surface area (Å²) >= 11 is 0. The van der Waals surface area contributed by atoms with Crippen LogP contribution in [0.25, 0.3) is 0 Å². The first-order valence-electron chi connectivity index (χ1n) is 10.6. The molecule has 1 fully saturated rings. The third-order valence-corrected chi connectivity index (χ3v) is 6.08. The van der Waals surface area contributed by atoms with Crippen molar-refractivity contribution in [1.29, 1.82) is 0 Å². The van der Waals surface area contributed by atoms with E-state index >= 15 is 0 Å². The average Bonchev–Trinajstić information content (AvgIpc) is 3.22. The minimum absolute atomic E-state index is 0.0325. The predicted octanol–water partition coefficient (Wildman–Crippen LogP) is 3.89. The number of methoxy groups -OCH3 is 1. The van der Waals surface area contributed by atoms with Gasteiger partial charge in [-0.1, -0.05) is 6.07 Å². The highest BCUT2D eigenvalue weighted by atomic mass is 19.4. The Balaban J connectivity index is 1.44. The van der Waals surface area contributed by atoms with Crippen LogP contribution >= 0.6 is 0 Å². The molecule has 1 N–H and O–H groups in total. The van der Waals surface area contributed by atoms with Crippen LogP contribution in [-0.2, 0) is 6.54 Å². The lowest BCUT2D eigenvalue weighted by atomic mass is 9.86. The fraction of sp³-hybridized carbons (Fsp3) is 0.619. The normalized spacial score (nSPS) is 24.4. The van der Waals surface area contributed by atoms with E-state index in [0.717, 1.165) is 36.2 Å². The van der Waals surface area contributed by atoms with Gasteiger partial charge >= 0.3 is 6.18 Å². The van der Waals surface area contributed by atoms with Gasteiger partial charge in [0.2, 0.25) is 5.95 Å². The number of hydrogen-bond acceptors (Lipinski definition) is 6. The van der Waals surface area contributed by atoms with Crippen LogP contribution in [0, 0.1) is 5.92 Å². The van der Waals surface area contributed by atoms with Gasteiger partial charge in [-0.2, -0.15) is 23.3 Å². The second-order valence-electron chi connectivity index (χ2n) is 8.13. The lowest BCUT2D eigenvalue weighted by Gasteiger charge is -2.41. The zero-order valence-electron chi connectivity index (χ0n) is 17.7. The Bertz CT molecular complexity index is 888. The molecule has 1 aromatic heterocycles. The molecule has 7 nitrogen and oxygen atoms in total. The number of likely N-dealkylation sites (tertiary alicyclic amines) is 1. The van der Waals surface area contributed by atoms with Crippen LogP contribution in [0.5, 0.6) is 11.5 Å². The number of anilines is 1. The van der Waals surface area contributed by atoms with Crippen molar-refractivity contribution in [2.75, 3.05) is 32.1 Å². The van der Waals surface area contributed by atoms with E-state index in [4.69, 9.17) is 9.47 Å². The topological polar surface area (TPSA) is 64.4 Å². The molecule has 4 rings (SSSR count). The molecule has 1 aromatic carbocycles. The smallest absolute Gasteiger partial charge is 0.411 e. The van der Waals surface area contributed by atoms with Gasteiger partial charge in [0.15, 0.2) is 17.5 Å². The molecule has 0 radical (unpaired) electrons. The quantitative estimate of drug-likeness (QED) is 0.737. The van der Waals surface area contributed by atoms with Gasteiger partial charge in [-0.3, -0.25) is 4.90 Å². The fourth-order valence-electron chi connectivity index (χ4n) is 4.64. The van der Waals surface area contributed by atoms with E-state index in [2.05, 4.69) is 20.3 Å². The highest BCUT2D eigenvalue weighted by molar-refractivity contribution is 5.43. The first-order chi connectivity index (χ1) is 14.9. The van der Waals surface area contributed by atoms with Gasteiger partial charge in [0.25, 0.3) is 0 Å². The Hall–Kier alpha value is -2.49. The molecule has 0 amide bonds. The Kier molecular flexibility index (Phi) is 6.27. The summed E-state index contributed by atoms with van der Waals surface area (Å²) in [5.41, 5.74) is 1.09. The zero-order chi connectivity index (χ0) is 22.0. The Morgan fingerprint density at radius 3 is 2.84 bits per heavy atom. The molecular formula is C21H28F3N5O2. The maximum absolute atomic E-state index is 13.6. The fourth-order valence-corrected chi connectivity index (χ4v) is 4.64. The van der Waals surface area contributed by atoms with Crippen LogP contribution in [0.2, 0.25) is 0 Å². The number of ether oxygens (including phenoxy) is 2. The van der Waals surface area contributed by atoms with Crippen LogP contribution < -0.4 is 14.8 Å². The molecular weight excluding hydrogens is 411 g/mol. The van der Waals surface area contributed by atoms with Gasteiger partial charge < -0.3 is 14.8 Å². The van der Waals surface area contributed by atoms with Crippen molar-refractivity contribution in [2.45, 2.75) is 51.0 Å². The molecule has 10 heteroatoms. The van der Waals surface area contributed by atoms with Crippen molar-refractivity contribution < 1.29 is 22.6 Å². The van der Waals surface area contributed by atoms with Crippen molar-refractivity contribution in [2.24, 2.45) is 5.92 Å². The molecule has 0 spiro atoms. The molecule has 1 saturated heterocycles. The second-order valence-corrected chi connectivity index (χ2v) is 8.13. The SMILES string of the molecule is CCOc1ccc(CN2CCC[C@@H]([C@@H]3C[C@H](C(F)(F)F)n4ncnc4N3)C2)cc1OC. The average molecular weight is 439 g/mol. The highest BCUT2D eigenvalue weighted by Gasteiger charge is 2.48. The van der Waals surface area contributed by atoms with Crippen LogP contribution in [0.3, 0.4) is 0 Å². The van der Waals surface area contributed by atoms with Gasteiger partial charge in [-0.05, 0) is 56.3 Å². The van der Waals surface area contributed by atoms with Gasteiger partial charge in [-0.25, -0.2) is 4.68 Å². The van der Waals surface area contributed by atoms with Crippen LogP contribution in [0.4, 0.5) is 19.1 Å². The van der Waals surface area contributed by atoms with Crippen LogP contribution in [0.1, 0.15) is 37.8 Å². The number of rotatable bonds is 6. The monoisotopic (exact) mass is 439 g/mol. The number of benzene rings is 1. The minimum Gasteiger partial charge on any atom is -0.493 e. The minimum atomic E-state index is -4.35.